The number of ketones is 2. The zero-order valence-corrected chi connectivity index (χ0v) is 34.7. The van der Waals surface area contributed by atoms with Crippen LogP contribution in [0.2, 0.25) is 0 Å². The highest BCUT2D eigenvalue weighted by Gasteiger charge is 2.46. The Labute approximate surface area is 348 Å². The van der Waals surface area contributed by atoms with Gasteiger partial charge in [-0.05, 0) is 55.4 Å². The maximum atomic E-state index is 14.5. The number of nitrogens with zero attached hydrogens (tertiary/aromatic N) is 2. The van der Waals surface area contributed by atoms with Crippen LogP contribution in [0.25, 0.3) is 0 Å². The summed E-state index contributed by atoms with van der Waals surface area (Å²) in [6.45, 7) is 4.37. The normalized spacial score (nSPS) is 19.5. The molecule has 2 aliphatic carbocycles. The maximum absolute atomic E-state index is 14.5. The van der Waals surface area contributed by atoms with Gasteiger partial charge < -0.3 is 42.3 Å². The number of Topliss-reactive ketones (excluding diaryl/α,β-unsaturated/α-hetero) is 2. The van der Waals surface area contributed by atoms with E-state index < -0.39 is 119 Å². The van der Waals surface area contributed by atoms with Crippen LogP contribution in [0.4, 0.5) is 0 Å². The first-order valence-corrected chi connectivity index (χ1v) is 20.6. The topological polar surface area (TPSA) is 293 Å². The molecule has 4 rings (SSSR count). The first kappa shape index (κ1) is 46.9. The van der Waals surface area contributed by atoms with Crippen LogP contribution in [-0.2, 0) is 38.4 Å². The number of nitrogens with two attached hydrogens (primary N) is 1. The standard InChI is InChI=1S/C41H58N8O11/c1-41(2,3)32(48-35(54)27(15-16-29(51)37(56)43-4)45-34(53)25-17-18-44-20-26(25)40(59)60)39(58)49-21-24(50)19-28(49)36(55)47-31(23-13-9-6-10-14-23)38(57)46-30(33(42)52)22-11-7-5-8-12-22/h17-18,20,22-23,27-28,30-32H,5-16,19,21H2,1-4H3,(H2,42,52)(H,43,56)(H,45,53)(H,46,57)(H,47,55)(H,48,54)(H,59,60)/t27?,28-,30?,31?,32?/m0/s1. The molecule has 0 aromatic carbocycles. The summed E-state index contributed by atoms with van der Waals surface area (Å²) >= 11 is 0. The number of hydrogen-bond donors (Lipinski definition) is 7. The van der Waals surface area contributed by atoms with E-state index in [2.05, 4.69) is 31.6 Å². The number of primary amides is 1. The summed E-state index contributed by atoms with van der Waals surface area (Å²) in [7, 11) is 1.24. The van der Waals surface area contributed by atoms with Crippen molar-refractivity contribution in [3.63, 3.8) is 0 Å². The second kappa shape index (κ2) is 21.0. The van der Waals surface area contributed by atoms with Gasteiger partial charge in [0, 0.05) is 32.3 Å². The molecule has 3 fully saturated rings. The lowest BCUT2D eigenvalue weighted by atomic mass is 9.81. The third-order valence-electron chi connectivity index (χ3n) is 11.6. The minimum absolute atomic E-state index is 0.143. The van der Waals surface area contributed by atoms with Gasteiger partial charge in [-0.25, -0.2) is 4.79 Å². The summed E-state index contributed by atoms with van der Waals surface area (Å²) in [6, 6.07) is -5.26. The van der Waals surface area contributed by atoms with Crippen molar-refractivity contribution < 1.29 is 53.1 Å². The highest BCUT2D eigenvalue weighted by Crippen LogP contribution is 2.30. The molecule has 0 radical (unpaired) electrons. The Morgan fingerprint density at radius 1 is 0.833 bits per heavy atom. The van der Waals surface area contributed by atoms with Gasteiger partial charge in [-0.15, -0.1) is 0 Å². The molecule has 1 aromatic rings. The number of likely N-dealkylation sites (N-methyl/N-ethyl adjacent to an activating group) is 1. The van der Waals surface area contributed by atoms with Gasteiger partial charge in [0.25, 0.3) is 11.8 Å². The quantitative estimate of drug-likeness (QED) is 0.104. The fraction of sp³-hybridized carbons (Fsp3) is 0.634. The van der Waals surface area contributed by atoms with Gasteiger partial charge in [0.15, 0.2) is 5.78 Å². The number of aromatic carboxylic acids is 1. The van der Waals surface area contributed by atoms with E-state index in [4.69, 9.17) is 5.73 Å². The number of hydrogen-bond acceptors (Lipinski definition) is 11. The van der Waals surface area contributed by atoms with Gasteiger partial charge in [0.05, 0.1) is 17.7 Å². The van der Waals surface area contributed by atoms with Gasteiger partial charge in [-0.1, -0.05) is 59.3 Å². The Morgan fingerprint density at radius 3 is 1.98 bits per heavy atom. The number of likely N-dealkylation sites (tertiary alicyclic amines) is 1. The number of aromatic nitrogens is 1. The number of rotatable bonds is 17. The van der Waals surface area contributed by atoms with Crippen molar-refractivity contribution >= 4 is 58.9 Å². The largest absolute Gasteiger partial charge is 0.478 e. The number of carbonyl (C=O) groups excluding carboxylic acids is 9. The van der Waals surface area contributed by atoms with Crippen molar-refractivity contribution in [1.29, 1.82) is 0 Å². The third-order valence-corrected chi connectivity index (χ3v) is 11.6. The van der Waals surface area contributed by atoms with Crippen molar-refractivity contribution in [3.05, 3.63) is 29.6 Å². The van der Waals surface area contributed by atoms with Gasteiger partial charge >= 0.3 is 5.97 Å². The number of carboxylic acid groups (broad SMARTS) is 1. The first-order chi connectivity index (χ1) is 28.3. The van der Waals surface area contributed by atoms with E-state index in [-0.39, 0.29) is 23.8 Å². The minimum Gasteiger partial charge on any atom is -0.478 e. The van der Waals surface area contributed by atoms with Crippen LogP contribution < -0.4 is 32.3 Å². The van der Waals surface area contributed by atoms with E-state index in [1.165, 1.54) is 13.2 Å². The van der Waals surface area contributed by atoms with Crippen LogP contribution in [-0.4, -0.2) is 118 Å². The molecule has 328 valence electrons. The summed E-state index contributed by atoms with van der Waals surface area (Å²) in [4.78, 5) is 137. The molecule has 1 aliphatic heterocycles. The molecule has 5 atom stereocenters. The molecule has 1 aromatic heterocycles. The number of carboxylic acids is 1. The smallest absolute Gasteiger partial charge is 0.338 e. The molecular weight excluding hydrogens is 780 g/mol. The molecule has 8 N–H and O–H groups in total. The second-order valence-corrected chi connectivity index (χ2v) is 17.0. The summed E-state index contributed by atoms with van der Waals surface area (Å²) in [5.41, 5.74) is 3.86. The Kier molecular flexibility index (Phi) is 16.4. The number of carbonyl (C=O) groups is 10. The molecular formula is C41H58N8O11. The minimum atomic E-state index is -1.58. The Hall–Kier alpha value is -5.75. The zero-order chi connectivity index (χ0) is 44.3. The van der Waals surface area contributed by atoms with E-state index in [0.717, 1.165) is 68.5 Å². The van der Waals surface area contributed by atoms with Crippen LogP contribution in [0.15, 0.2) is 18.5 Å². The molecule has 4 unspecified atom stereocenters. The van der Waals surface area contributed by atoms with Crippen LogP contribution in [0.3, 0.4) is 0 Å². The molecule has 2 heterocycles. The Morgan fingerprint density at radius 2 is 1.43 bits per heavy atom. The van der Waals surface area contributed by atoms with Crippen molar-refractivity contribution in [1.82, 2.24) is 36.5 Å². The van der Waals surface area contributed by atoms with Gasteiger partial charge in [-0.3, -0.25) is 48.1 Å². The summed E-state index contributed by atoms with van der Waals surface area (Å²) in [5, 5.41) is 22.4. The van der Waals surface area contributed by atoms with Gasteiger partial charge in [-0.2, -0.15) is 0 Å². The molecule has 0 spiro atoms. The molecule has 19 nitrogen and oxygen atoms in total. The summed E-state index contributed by atoms with van der Waals surface area (Å²) < 4.78 is 0. The predicted octanol–water partition coefficient (Wildman–Crippen LogP) is 0.290. The molecule has 1 saturated heterocycles. The maximum Gasteiger partial charge on any atom is 0.338 e. The number of pyridine rings is 1. The molecule has 7 amide bonds. The van der Waals surface area contributed by atoms with Crippen LogP contribution in [0.5, 0.6) is 0 Å². The van der Waals surface area contributed by atoms with Crippen molar-refractivity contribution in [2.24, 2.45) is 23.0 Å². The fourth-order valence-corrected chi connectivity index (χ4v) is 8.26. The Balaban J connectivity index is 1.58. The lowest BCUT2D eigenvalue weighted by molar-refractivity contribution is -0.145. The van der Waals surface area contributed by atoms with E-state index in [1.54, 1.807) is 20.8 Å². The molecule has 0 bridgehead atoms. The highest BCUT2D eigenvalue weighted by atomic mass is 16.4. The first-order valence-electron chi connectivity index (χ1n) is 20.6. The third kappa shape index (κ3) is 12.2. The second-order valence-electron chi connectivity index (χ2n) is 17.0. The fourth-order valence-electron chi connectivity index (χ4n) is 8.26. The lowest BCUT2D eigenvalue weighted by Crippen LogP contribution is -2.62. The summed E-state index contributed by atoms with van der Waals surface area (Å²) in [6.07, 6.45) is 8.87. The zero-order valence-electron chi connectivity index (χ0n) is 34.7. The predicted molar refractivity (Wildman–Crippen MR) is 213 cm³/mol. The van der Waals surface area contributed by atoms with Crippen LogP contribution in [0, 0.1) is 17.3 Å². The van der Waals surface area contributed by atoms with Gasteiger partial charge in [0.1, 0.15) is 30.2 Å². The van der Waals surface area contributed by atoms with Gasteiger partial charge in [0.2, 0.25) is 35.3 Å². The molecule has 19 heteroatoms. The van der Waals surface area contributed by atoms with E-state index in [1.807, 2.05) is 0 Å². The molecule has 60 heavy (non-hydrogen) atoms. The Bertz CT molecular complexity index is 1830. The van der Waals surface area contributed by atoms with Crippen molar-refractivity contribution in [3.8, 4) is 0 Å². The van der Waals surface area contributed by atoms with E-state index in [9.17, 15) is 53.1 Å². The SMILES string of the molecule is CNC(=O)C(=O)CCC(NC(=O)c1ccncc1C(=O)O)C(=O)NC(C(=O)N1CC(=O)C[C@H]1C(=O)NC(C(=O)NC(C(N)=O)C1CCCCC1)C1CCCCC1)C(C)(C)C. The summed E-state index contributed by atoms with van der Waals surface area (Å²) in [5.74, 6) is -9.02. The molecule has 2 saturated carbocycles. The number of nitrogens with one attached hydrogen (secondary N) is 5. The van der Waals surface area contributed by atoms with E-state index in [0.29, 0.717) is 12.8 Å². The average molecular weight is 839 g/mol. The average Bonchev–Trinajstić information content (AvgIpc) is 3.63. The molecule has 3 aliphatic rings. The van der Waals surface area contributed by atoms with Crippen LogP contribution >= 0.6 is 0 Å². The van der Waals surface area contributed by atoms with E-state index >= 15 is 0 Å². The van der Waals surface area contributed by atoms with Crippen LogP contribution in [0.1, 0.15) is 125 Å². The monoisotopic (exact) mass is 838 g/mol. The highest BCUT2D eigenvalue weighted by molar-refractivity contribution is 6.36. The van der Waals surface area contributed by atoms with Crippen molar-refractivity contribution in [2.75, 3.05) is 13.6 Å². The van der Waals surface area contributed by atoms with Crippen molar-refractivity contribution in [2.45, 2.75) is 134 Å². The number of amides is 7. The lowest BCUT2D eigenvalue weighted by Gasteiger charge is -2.37.